The van der Waals surface area contributed by atoms with Crippen molar-refractivity contribution in [3.05, 3.63) is 82.9 Å². The SMILES string of the molecule is COc1cccc2c1-c1ccc(CS(N)(=O)=O)cc1C(c1cccc(C(=O)O)c1)O2. The molecule has 0 aromatic heterocycles. The number of nitrogens with two attached hydrogens (primary N) is 1. The zero-order chi connectivity index (χ0) is 21.5. The van der Waals surface area contributed by atoms with Crippen LogP contribution in [0.4, 0.5) is 0 Å². The fourth-order valence-corrected chi connectivity index (χ4v) is 4.34. The van der Waals surface area contributed by atoms with Gasteiger partial charge in [-0.05, 0) is 41.0 Å². The van der Waals surface area contributed by atoms with Gasteiger partial charge in [-0.3, -0.25) is 0 Å². The molecule has 0 saturated carbocycles. The lowest BCUT2D eigenvalue weighted by Gasteiger charge is -2.30. The van der Waals surface area contributed by atoms with Crippen molar-refractivity contribution in [1.29, 1.82) is 0 Å². The van der Waals surface area contributed by atoms with Gasteiger partial charge in [0.05, 0.1) is 24.0 Å². The summed E-state index contributed by atoms with van der Waals surface area (Å²) in [5.41, 5.74) is 3.56. The number of methoxy groups -OCH3 is 1. The van der Waals surface area contributed by atoms with Crippen LogP contribution in [0.25, 0.3) is 11.1 Å². The summed E-state index contributed by atoms with van der Waals surface area (Å²) in [7, 11) is -2.16. The van der Waals surface area contributed by atoms with E-state index in [1.54, 1.807) is 37.4 Å². The molecule has 30 heavy (non-hydrogen) atoms. The Morgan fingerprint density at radius 2 is 1.90 bits per heavy atom. The average molecular weight is 425 g/mol. The molecule has 1 unspecified atom stereocenters. The molecule has 0 radical (unpaired) electrons. The van der Waals surface area contributed by atoms with E-state index >= 15 is 0 Å². The minimum absolute atomic E-state index is 0.134. The molecule has 0 fully saturated rings. The summed E-state index contributed by atoms with van der Waals surface area (Å²) < 4.78 is 35.0. The summed E-state index contributed by atoms with van der Waals surface area (Å²) in [6.07, 6.45) is -0.626. The van der Waals surface area contributed by atoms with Crippen LogP contribution in [0.2, 0.25) is 0 Å². The van der Waals surface area contributed by atoms with Crippen LogP contribution in [0.15, 0.2) is 60.7 Å². The van der Waals surface area contributed by atoms with E-state index in [1.165, 1.54) is 6.07 Å². The summed E-state index contributed by atoms with van der Waals surface area (Å²) in [5, 5.41) is 14.6. The Hall–Kier alpha value is -3.36. The lowest BCUT2D eigenvalue weighted by molar-refractivity contribution is 0.0696. The predicted molar refractivity (Wildman–Crippen MR) is 111 cm³/mol. The summed E-state index contributed by atoms with van der Waals surface area (Å²) in [4.78, 5) is 11.4. The van der Waals surface area contributed by atoms with Crippen LogP contribution in [0, 0.1) is 0 Å². The van der Waals surface area contributed by atoms with Crippen molar-refractivity contribution in [3.8, 4) is 22.6 Å². The molecule has 1 heterocycles. The lowest BCUT2D eigenvalue weighted by Crippen LogP contribution is -2.18. The molecule has 1 aliphatic rings. The first-order valence-electron chi connectivity index (χ1n) is 9.07. The molecule has 4 rings (SSSR count). The third kappa shape index (κ3) is 3.74. The van der Waals surface area contributed by atoms with Gasteiger partial charge in [0.15, 0.2) is 0 Å². The Kier molecular flexibility index (Phi) is 4.97. The number of sulfonamides is 1. The quantitative estimate of drug-likeness (QED) is 0.648. The average Bonchev–Trinajstić information content (AvgIpc) is 2.71. The van der Waals surface area contributed by atoms with E-state index in [0.717, 1.165) is 11.1 Å². The lowest BCUT2D eigenvalue weighted by atomic mass is 9.87. The Labute approximate surface area is 173 Å². The van der Waals surface area contributed by atoms with Gasteiger partial charge in [0.1, 0.15) is 17.6 Å². The van der Waals surface area contributed by atoms with Gasteiger partial charge in [-0.15, -0.1) is 0 Å². The fourth-order valence-electron chi connectivity index (χ4n) is 3.70. The van der Waals surface area contributed by atoms with Gasteiger partial charge in [0.2, 0.25) is 10.0 Å². The van der Waals surface area contributed by atoms with Crippen LogP contribution < -0.4 is 14.6 Å². The minimum atomic E-state index is -3.72. The maximum Gasteiger partial charge on any atom is 0.335 e. The van der Waals surface area contributed by atoms with Crippen molar-refractivity contribution in [2.24, 2.45) is 5.14 Å². The number of carboxylic acids is 1. The highest BCUT2D eigenvalue weighted by atomic mass is 32.2. The van der Waals surface area contributed by atoms with Crippen molar-refractivity contribution in [1.82, 2.24) is 0 Å². The van der Waals surface area contributed by atoms with Gasteiger partial charge in [-0.25, -0.2) is 18.4 Å². The summed E-state index contributed by atoms with van der Waals surface area (Å²) in [5.74, 6) is -0.156. The number of benzene rings is 3. The first-order chi connectivity index (χ1) is 14.3. The number of hydrogen-bond acceptors (Lipinski definition) is 5. The summed E-state index contributed by atoms with van der Waals surface area (Å²) in [6, 6.07) is 17.2. The second-order valence-corrected chi connectivity index (χ2v) is 8.61. The van der Waals surface area contributed by atoms with Crippen molar-refractivity contribution in [2.75, 3.05) is 7.11 Å². The Morgan fingerprint density at radius 3 is 2.60 bits per heavy atom. The first kappa shape index (κ1) is 19.9. The van der Waals surface area contributed by atoms with Crippen LogP contribution in [0.1, 0.15) is 33.2 Å². The molecule has 0 aliphatic carbocycles. The van der Waals surface area contributed by atoms with Crippen molar-refractivity contribution < 1.29 is 27.8 Å². The maximum absolute atomic E-state index is 11.6. The van der Waals surface area contributed by atoms with E-state index in [4.69, 9.17) is 14.6 Å². The van der Waals surface area contributed by atoms with Crippen LogP contribution in [0.3, 0.4) is 0 Å². The molecule has 0 spiro atoms. The van der Waals surface area contributed by atoms with E-state index in [1.807, 2.05) is 24.3 Å². The highest BCUT2D eigenvalue weighted by molar-refractivity contribution is 7.88. The fraction of sp³-hybridized carbons (Fsp3) is 0.136. The topological polar surface area (TPSA) is 116 Å². The van der Waals surface area contributed by atoms with E-state index < -0.39 is 22.1 Å². The number of aromatic carboxylic acids is 1. The number of primary sulfonamides is 1. The van der Waals surface area contributed by atoms with E-state index in [9.17, 15) is 18.3 Å². The maximum atomic E-state index is 11.6. The van der Waals surface area contributed by atoms with E-state index in [-0.39, 0.29) is 11.3 Å². The standard InChI is InChI=1S/C22H19NO6S/c1-28-18-6-3-7-19-20(18)16-9-8-13(12-30(23,26)27)10-17(16)21(29-19)14-4-2-5-15(11-14)22(24)25/h2-11,21H,12H2,1H3,(H,24,25)(H2,23,26,27). The molecular formula is C22H19NO6S. The highest BCUT2D eigenvalue weighted by Gasteiger charge is 2.30. The molecule has 8 heteroatoms. The second-order valence-electron chi connectivity index (χ2n) is 6.99. The third-order valence-electron chi connectivity index (χ3n) is 4.92. The Bertz CT molecular complexity index is 1250. The largest absolute Gasteiger partial charge is 0.496 e. The number of rotatable bonds is 5. The number of carboxylic acid groups (broad SMARTS) is 1. The first-order valence-corrected chi connectivity index (χ1v) is 10.8. The molecule has 0 bridgehead atoms. The van der Waals surface area contributed by atoms with Crippen LogP contribution in [-0.4, -0.2) is 26.6 Å². The number of fused-ring (bicyclic) bond motifs is 3. The normalized spacial score (nSPS) is 14.9. The van der Waals surface area contributed by atoms with Crippen molar-refractivity contribution >= 4 is 16.0 Å². The zero-order valence-electron chi connectivity index (χ0n) is 16.0. The molecule has 3 aromatic carbocycles. The van der Waals surface area contributed by atoms with Crippen molar-refractivity contribution in [3.63, 3.8) is 0 Å². The van der Waals surface area contributed by atoms with Crippen LogP contribution >= 0.6 is 0 Å². The predicted octanol–water partition coefficient (Wildman–Crippen LogP) is 3.33. The van der Waals surface area contributed by atoms with Gasteiger partial charge < -0.3 is 14.6 Å². The summed E-state index contributed by atoms with van der Waals surface area (Å²) >= 11 is 0. The Balaban J connectivity index is 1.93. The summed E-state index contributed by atoms with van der Waals surface area (Å²) in [6.45, 7) is 0. The molecule has 1 atom stereocenters. The Morgan fingerprint density at radius 1 is 1.13 bits per heavy atom. The highest BCUT2D eigenvalue weighted by Crippen LogP contribution is 2.49. The van der Waals surface area contributed by atoms with E-state index in [0.29, 0.717) is 28.2 Å². The zero-order valence-corrected chi connectivity index (χ0v) is 16.8. The molecule has 154 valence electrons. The molecule has 0 saturated heterocycles. The number of carbonyl (C=O) groups is 1. The van der Waals surface area contributed by atoms with Crippen LogP contribution in [-0.2, 0) is 15.8 Å². The van der Waals surface area contributed by atoms with Gasteiger partial charge in [-0.2, -0.15) is 0 Å². The number of hydrogen-bond donors (Lipinski definition) is 2. The van der Waals surface area contributed by atoms with Crippen molar-refractivity contribution in [2.45, 2.75) is 11.9 Å². The molecule has 3 aromatic rings. The van der Waals surface area contributed by atoms with E-state index in [2.05, 4.69) is 0 Å². The molecular weight excluding hydrogens is 406 g/mol. The second kappa shape index (κ2) is 7.47. The third-order valence-corrected chi connectivity index (χ3v) is 5.66. The smallest absolute Gasteiger partial charge is 0.335 e. The van der Waals surface area contributed by atoms with Crippen LogP contribution in [0.5, 0.6) is 11.5 Å². The molecule has 3 N–H and O–H groups in total. The number of ether oxygens (including phenoxy) is 2. The minimum Gasteiger partial charge on any atom is -0.496 e. The molecule has 0 amide bonds. The van der Waals surface area contributed by atoms with Gasteiger partial charge in [0, 0.05) is 5.56 Å². The monoisotopic (exact) mass is 425 g/mol. The van der Waals surface area contributed by atoms with Gasteiger partial charge in [-0.1, -0.05) is 36.4 Å². The van der Waals surface area contributed by atoms with Gasteiger partial charge in [0.25, 0.3) is 0 Å². The molecule has 1 aliphatic heterocycles. The molecule has 7 nitrogen and oxygen atoms in total. The van der Waals surface area contributed by atoms with Gasteiger partial charge >= 0.3 is 5.97 Å².